The maximum Gasteiger partial charge on any atom is 0.342 e. The number of sulfonamides is 1. The summed E-state index contributed by atoms with van der Waals surface area (Å²) in [6.07, 6.45) is 1.62. The van der Waals surface area contributed by atoms with Crippen LogP contribution in [0.2, 0.25) is 0 Å². The second-order valence-electron chi connectivity index (χ2n) is 7.09. The van der Waals surface area contributed by atoms with Crippen molar-refractivity contribution in [1.29, 1.82) is 0 Å². The highest BCUT2D eigenvalue weighted by Crippen LogP contribution is 2.42. The highest BCUT2D eigenvalue weighted by molar-refractivity contribution is 7.92. The molecular formula is C22H20FNO5S. The van der Waals surface area contributed by atoms with E-state index in [1.807, 2.05) is 0 Å². The molecule has 1 aliphatic rings. The number of rotatable bonds is 4. The fraction of sp³-hybridized carbons (Fsp3) is 0.227. The zero-order valence-electron chi connectivity index (χ0n) is 16.6. The van der Waals surface area contributed by atoms with Gasteiger partial charge in [-0.3, -0.25) is 4.31 Å². The molecule has 1 aliphatic heterocycles. The Hall–Kier alpha value is -3.13. The maximum absolute atomic E-state index is 13.4. The van der Waals surface area contributed by atoms with Gasteiger partial charge < -0.3 is 9.15 Å². The van der Waals surface area contributed by atoms with Gasteiger partial charge in [-0.05, 0) is 49.2 Å². The number of esters is 1. The number of furan rings is 1. The first-order valence-electron chi connectivity index (χ1n) is 9.40. The zero-order valence-corrected chi connectivity index (χ0v) is 17.4. The summed E-state index contributed by atoms with van der Waals surface area (Å²) >= 11 is 0. The number of halogens is 1. The third-order valence-electron chi connectivity index (χ3n) is 5.06. The smallest absolute Gasteiger partial charge is 0.342 e. The Morgan fingerprint density at radius 1 is 1.27 bits per heavy atom. The van der Waals surface area contributed by atoms with Crippen LogP contribution >= 0.6 is 0 Å². The number of hydrogen-bond acceptors (Lipinski definition) is 5. The summed E-state index contributed by atoms with van der Waals surface area (Å²) in [4.78, 5) is 12.8. The number of hydrogen-bond donors (Lipinski definition) is 0. The molecule has 0 bridgehead atoms. The minimum Gasteiger partial charge on any atom is -0.462 e. The van der Waals surface area contributed by atoms with Crippen molar-refractivity contribution < 1.29 is 26.8 Å². The molecule has 1 aromatic heterocycles. The number of anilines is 1. The summed E-state index contributed by atoms with van der Waals surface area (Å²) in [6.45, 7) is 6.21. The lowest BCUT2D eigenvalue weighted by atomic mass is 9.95. The Labute approximate surface area is 173 Å². The molecule has 4 rings (SSSR count). The van der Waals surface area contributed by atoms with E-state index >= 15 is 0 Å². The molecule has 2 heterocycles. The summed E-state index contributed by atoms with van der Waals surface area (Å²) in [6, 6.07) is 8.89. The molecule has 2 aromatic carbocycles. The topological polar surface area (TPSA) is 76.8 Å². The summed E-state index contributed by atoms with van der Waals surface area (Å²) in [5.74, 6) is -0.748. The summed E-state index contributed by atoms with van der Waals surface area (Å²) < 4.78 is 50.4. The lowest BCUT2D eigenvalue weighted by molar-refractivity contribution is 0.0528. The Morgan fingerprint density at radius 2 is 1.97 bits per heavy atom. The van der Waals surface area contributed by atoms with Gasteiger partial charge in [0.1, 0.15) is 22.7 Å². The minimum atomic E-state index is -3.50. The molecule has 6 nitrogen and oxygen atoms in total. The van der Waals surface area contributed by atoms with Crippen LogP contribution in [-0.2, 0) is 14.8 Å². The first-order valence-corrected chi connectivity index (χ1v) is 11.2. The Kier molecular flexibility index (Phi) is 4.89. The molecule has 0 spiro atoms. The van der Waals surface area contributed by atoms with Gasteiger partial charge in [0, 0.05) is 29.1 Å². The predicted octanol–water partition coefficient (Wildman–Crippen LogP) is 4.60. The van der Waals surface area contributed by atoms with Crippen LogP contribution in [0.5, 0.6) is 0 Å². The van der Waals surface area contributed by atoms with Crippen LogP contribution in [0.1, 0.15) is 29.3 Å². The highest BCUT2D eigenvalue weighted by atomic mass is 32.2. The molecule has 3 aromatic rings. The summed E-state index contributed by atoms with van der Waals surface area (Å²) in [5.41, 5.74) is 2.91. The van der Waals surface area contributed by atoms with Crippen molar-refractivity contribution >= 4 is 38.2 Å². The number of carbonyl (C=O) groups excluding carboxylic acids is 1. The molecule has 0 saturated heterocycles. The van der Waals surface area contributed by atoms with Crippen molar-refractivity contribution in [2.75, 3.05) is 23.7 Å². The fourth-order valence-corrected chi connectivity index (χ4v) is 4.60. The van der Waals surface area contributed by atoms with Crippen molar-refractivity contribution in [3.8, 4) is 11.3 Å². The fourth-order valence-electron chi connectivity index (χ4n) is 3.67. The Balaban J connectivity index is 2.02. The van der Waals surface area contributed by atoms with Crippen molar-refractivity contribution in [2.45, 2.75) is 13.3 Å². The zero-order chi connectivity index (χ0) is 21.6. The van der Waals surface area contributed by atoms with Crippen LogP contribution in [0.15, 0.2) is 47.4 Å². The van der Waals surface area contributed by atoms with Crippen LogP contribution in [0.4, 0.5) is 10.1 Å². The molecule has 0 aliphatic carbocycles. The molecule has 0 radical (unpaired) electrons. The molecule has 156 valence electrons. The van der Waals surface area contributed by atoms with Gasteiger partial charge in [-0.25, -0.2) is 17.6 Å². The maximum atomic E-state index is 13.4. The van der Waals surface area contributed by atoms with Crippen molar-refractivity contribution in [2.24, 2.45) is 0 Å². The normalized spacial score (nSPS) is 14.1. The van der Waals surface area contributed by atoms with Crippen molar-refractivity contribution in [1.82, 2.24) is 0 Å². The quantitative estimate of drug-likeness (QED) is 0.567. The van der Waals surface area contributed by atoms with E-state index in [0.717, 1.165) is 11.8 Å². The van der Waals surface area contributed by atoms with E-state index < -0.39 is 21.8 Å². The number of benzene rings is 2. The lowest BCUT2D eigenvalue weighted by Crippen LogP contribution is -2.34. The van der Waals surface area contributed by atoms with Crippen LogP contribution in [0, 0.1) is 5.82 Å². The second kappa shape index (κ2) is 7.28. The van der Waals surface area contributed by atoms with Gasteiger partial charge in [-0.1, -0.05) is 6.58 Å². The van der Waals surface area contributed by atoms with E-state index in [1.54, 1.807) is 19.1 Å². The number of carbonyl (C=O) groups is 1. The van der Waals surface area contributed by atoms with Crippen LogP contribution in [-0.4, -0.2) is 33.8 Å². The average molecular weight is 429 g/mol. The third kappa shape index (κ3) is 3.37. The second-order valence-corrected chi connectivity index (χ2v) is 8.99. The number of nitrogens with zero attached hydrogens (tertiary/aromatic N) is 1. The van der Waals surface area contributed by atoms with E-state index in [0.29, 0.717) is 34.2 Å². The van der Waals surface area contributed by atoms with Crippen molar-refractivity contribution in [3.63, 3.8) is 0 Å². The molecule has 0 unspecified atom stereocenters. The van der Waals surface area contributed by atoms with E-state index in [9.17, 15) is 17.6 Å². The van der Waals surface area contributed by atoms with Crippen LogP contribution < -0.4 is 4.31 Å². The predicted molar refractivity (Wildman–Crippen MR) is 113 cm³/mol. The molecule has 0 fully saturated rings. The molecule has 8 heteroatoms. The Bertz CT molecular complexity index is 1280. The number of ether oxygens (including phenoxy) is 1. The Morgan fingerprint density at radius 3 is 2.60 bits per heavy atom. The van der Waals surface area contributed by atoms with Gasteiger partial charge in [0.15, 0.2) is 0 Å². The van der Waals surface area contributed by atoms with Gasteiger partial charge in [-0.2, -0.15) is 0 Å². The van der Waals surface area contributed by atoms with E-state index in [2.05, 4.69) is 6.58 Å². The summed E-state index contributed by atoms with van der Waals surface area (Å²) in [5, 5.41) is 0.489. The first-order chi connectivity index (χ1) is 14.2. The van der Waals surface area contributed by atoms with Crippen LogP contribution in [0.25, 0.3) is 27.9 Å². The molecule has 30 heavy (non-hydrogen) atoms. The van der Waals surface area contributed by atoms with Gasteiger partial charge >= 0.3 is 5.97 Å². The molecule has 0 N–H and O–H groups in total. The van der Waals surface area contributed by atoms with Gasteiger partial charge in [0.05, 0.1) is 18.6 Å². The first kappa shape index (κ1) is 20.2. The molecule has 0 saturated carbocycles. The van der Waals surface area contributed by atoms with E-state index in [4.69, 9.17) is 9.15 Å². The highest BCUT2D eigenvalue weighted by Gasteiger charge is 2.30. The monoisotopic (exact) mass is 429 g/mol. The molecule has 0 amide bonds. The lowest BCUT2D eigenvalue weighted by Gasteiger charge is -2.30. The SMILES string of the molecule is C=C1CCN(S(C)(=O)=O)c2cc3oc(-c4ccc(F)cc4)c(C(=O)OCC)c3cc21. The van der Waals surface area contributed by atoms with Crippen molar-refractivity contribution in [3.05, 3.63) is 59.9 Å². The van der Waals surface area contributed by atoms with E-state index in [1.165, 1.54) is 28.6 Å². The molecule has 0 atom stereocenters. The number of fused-ring (bicyclic) bond motifs is 2. The summed E-state index contributed by atoms with van der Waals surface area (Å²) in [7, 11) is -3.50. The standard InChI is InChI=1S/C22H20FNO5S/c1-4-28-22(25)20-17-11-16-13(2)9-10-24(30(3,26)27)18(16)12-19(17)29-21(20)14-5-7-15(23)8-6-14/h5-8,11-12H,2,4,9-10H2,1,3H3. The van der Waals surface area contributed by atoms with Gasteiger partial charge in [-0.15, -0.1) is 0 Å². The average Bonchev–Trinajstić information content (AvgIpc) is 3.05. The minimum absolute atomic E-state index is 0.174. The third-order valence-corrected chi connectivity index (χ3v) is 6.24. The van der Waals surface area contributed by atoms with E-state index in [-0.39, 0.29) is 24.5 Å². The van der Waals surface area contributed by atoms with Gasteiger partial charge in [0.2, 0.25) is 10.0 Å². The van der Waals surface area contributed by atoms with Gasteiger partial charge in [0.25, 0.3) is 0 Å². The largest absolute Gasteiger partial charge is 0.462 e. The van der Waals surface area contributed by atoms with Crippen LogP contribution in [0.3, 0.4) is 0 Å². The molecular weight excluding hydrogens is 409 g/mol.